The van der Waals surface area contributed by atoms with Crippen molar-refractivity contribution < 1.29 is 13.5 Å². The van der Waals surface area contributed by atoms with Crippen molar-refractivity contribution in [2.45, 2.75) is 75.0 Å². The molecule has 122 valence electrons. The van der Waals surface area contributed by atoms with Crippen LogP contribution in [-0.2, 0) is 10.0 Å². The first-order valence-electron chi connectivity index (χ1n) is 8.11. The zero-order chi connectivity index (χ0) is 16.2. The fraction of sp³-hybridized carbons (Fsp3) is 0.647. The highest BCUT2D eigenvalue weighted by atomic mass is 32.2. The summed E-state index contributed by atoms with van der Waals surface area (Å²) in [5.74, 6) is 0. The molecule has 0 amide bonds. The van der Waals surface area contributed by atoms with E-state index in [1.165, 1.54) is 0 Å². The SMILES string of the molecule is CC[C@](C)(O)[C@@]12CCCC[C@@H]1N2S(=O)(=O)c1ccc(C)cc1. The molecule has 0 bridgehead atoms. The molecule has 1 N–H and O–H groups in total. The highest BCUT2D eigenvalue weighted by molar-refractivity contribution is 7.89. The molecule has 1 saturated heterocycles. The quantitative estimate of drug-likeness (QED) is 0.867. The number of hydrogen-bond donors (Lipinski definition) is 1. The summed E-state index contributed by atoms with van der Waals surface area (Å²) < 4.78 is 27.7. The van der Waals surface area contributed by atoms with Gasteiger partial charge >= 0.3 is 0 Å². The van der Waals surface area contributed by atoms with Crippen molar-refractivity contribution in [1.29, 1.82) is 0 Å². The Balaban J connectivity index is 2.02. The van der Waals surface area contributed by atoms with E-state index in [4.69, 9.17) is 0 Å². The molecule has 2 fully saturated rings. The topological polar surface area (TPSA) is 57.4 Å². The lowest BCUT2D eigenvalue weighted by atomic mass is 9.76. The van der Waals surface area contributed by atoms with Gasteiger partial charge in [-0.3, -0.25) is 0 Å². The molecule has 4 atom stereocenters. The van der Waals surface area contributed by atoms with Crippen LogP contribution in [0.2, 0.25) is 0 Å². The standard InChI is InChI=1S/C17H25NO3S/c1-4-16(3,19)17-12-6-5-7-15(17)18(17)22(20,21)14-10-8-13(2)9-11-14/h8-11,15,19H,4-7,12H2,1-3H3/t15-,16-,17+,18?/m0/s1. The lowest BCUT2D eigenvalue weighted by Crippen LogP contribution is -2.47. The number of fused-ring (bicyclic) bond motifs is 1. The van der Waals surface area contributed by atoms with E-state index in [0.29, 0.717) is 11.3 Å². The van der Waals surface area contributed by atoms with Crippen LogP contribution in [0.5, 0.6) is 0 Å². The van der Waals surface area contributed by atoms with E-state index >= 15 is 0 Å². The van der Waals surface area contributed by atoms with E-state index in [9.17, 15) is 13.5 Å². The summed E-state index contributed by atoms with van der Waals surface area (Å²) in [5, 5.41) is 10.9. The zero-order valence-corrected chi connectivity index (χ0v) is 14.4. The molecule has 1 aliphatic carbocycles. The van der Waals surface area contributed by atoms with Gasteiger partial charge in [-0.05, 0) is 45.2 Å². The van der Waals surface area contributed by atoms with Gasteiger partial charge in [0.15, 0.2) is 0 Å². The number of aryl methyl sites for hydroxylation is 1. The first-order chi connectivity index (χ1) is 10.3. The van der Waals surface area contributed by atoms with Crippen LogP contribution in [0.25, 0.3) is 0 Å². The number of sulfonamides is 1. The third-order valence-electron chi connectivity index (χ3n) is 5.64. The van der Waals surface area contributed by atoms with Crippen LogP contribution >= 0.6 is 0 Å². The predicted octanol–water partition coefficient (Wildman–Crippen LogP) is 2.84. The highest BCUT2D eigenvalue weighted by Crippen LogP contribution is 2.60. The number of benzene rings is 1. The smallest absolute Gasteiger partial charge is 0.244 e. The van der Waals surface area contributed by atoms with Crippen LogP contribution in [0.3, 0.4) is 0 Å². The Kier molecular flexibility index (Phi) is 3.66. The lowest BCUT2D eigenvalue weighted by Gasteiger charge is -2.35. The Morgan fingerprint density at radius 3 is 2.55 bits per heavy atom. The number of nitrogens with zero attached hydrogens (tertiary/aromatic N) is 1. The Hall–Kier alpha value is -0.910. The molecule has 22 heavy (non-hydrogen) atoms. The summed E-state index contributed by atoms with van der Waals surface area (Å²) in [5.41, 5.74) is -0.544. The largest absolute Gasteiger partial charge is 0.388 e. The molecule has 1 aliphatic heterocycles. The van der Waals surface area contributed by atoms with E-state index in [0.717, 1.165) is 31.2 Å². The fourth-order valence-corrected chi connectivity index (χ4v) is 6.22. The molecule has 1 heterocycles. The van der Waals surface area contributed by atoms with Crippen molar-refractivity contribution >= 4 is 10.0 Å². The molecular formula is C17H25NO3S. The van der Waals surface area contributed by atoms with Gasteiger partial charge in [0.1, 0.15) is 0 Å². The van der Waals surface area contributed by atoms with E-state index in [1.807, 2.05) is 26.0 Å². The third-order valence-corrected chi connectivity index (χ3v) is 7.61. The van der Waals surface area contributed by atoms with E-state index < -0.39 is 21.2 Å². The summed E-state index contributed by atoms with van der Waals surface area (Å²) in [4.78, 5) is 0.332. The highest BCUT2D eigenvalue weighted by Gasteiger charge is 2.75. The van der Waals surface area contributed by atoms with E-state index in [2.05, 4.69) is 0 Å². The Morgan fingerprint density at radius 2 is 1.95 bits per heavy atom. The molecule has 1 aromatic carbocycles. The van der Waals surface area contributed by atoms with Gasteiger partial charge in [0, 0.05) is 6.04 Å². The van der Waals surface area contributed by atoms with Crippen LogP contribution in [-0.4, -0.2) is 35.0 Å². The average molecular weight is 323 g/mol. The predicted molar refractivity (Wildman–Crippen MR) is 86.1 cm³/mol. The summed E-state index contributed by atoms with van der Waals surface area (Å²) >= 11 is 0. The molecule has 3 rings (SSSR count). The normalized spacial score (nSPS) is 33.8. The summed E-state index contributed by atoms with van der Waals surface area (Å²) in [6, 6.07) is 6.93. The fourth-order valence-electron chi connectivity index (χ4n) is 4.11. The van der Waals surface area contributed by atoms with Gasteiger partial charge in [-0.15, -0.1) is 0 Å². The second kappa shape index (κ2) is 5.05. The maximum Gasteiger partial charge on any atom is 0.244 e. The van der Waals surface area contributed by atoms with Crippen LogP contribution in [0.15, 0.2) is 29.2 Å². The first kappa shape index (κ1) is 16.0. The van der Waals surface area contributed by atoms with Gasteiger partial charge < -0.3 is 5.11 Å². The van der Waals surface area contributed by atoms with Gasteiger partial charge in [-0.25, -0.2) is 8.42 Å². The van der Waals surface area contributed by atoms with Crippen LogP contribution in [0.4, 0.5) is 0 Å². The molecule has 0 radical (unpaired) electrons. The molecule has 0 aromatic heterocycles. The van der Waals surface area contributed by atoms with Crippen molar-refractivity contribution in [3.05, 3.63) is 29.8 Å². The molecule has 2 aliphatic rings. The van der Waals surface area contributed by atoms with E-state index in [-0.39, 0.29) is 6.04 Å². The van der Waals surface area contributed by atoms with Crippen molar-refractivity contribution in [3.8, 4) is 0 Å². The summed E-state index contributed by atoms with van der Waals surface area (Å²) in [6.45, 7) is 5.66. The zero-order valence-electron chi connectivity index (χ0n) is 13.5. The minimum atomic E-state index is -3.54. The monoisotopic (exact) mass is 323 g/mol. The molecule has 1 unspecified atom stereocenters. The van der Waals surface area contributed by atoms with Gasteiger partial charge in [-0.2, -0.15) is 4.31 Å². The number of rotatable bonds is 4. The summed E-state index contributed by atoms with van der Waals surface area (Å²) in [7, 11) is -3.54. The van der Waals surface area contributed by atoms with Crippen LogP contribution in [0.1, 0.15) is 51.5 Å². The molecule has 1 aromatic rings. The van der Waals surface area contributed by atoms with Gasteiger partial charge in [-0.1, -0.05) is 37.5 Å². The Bertz CT molecular complexity index is 666. The van der Waals surface area contributed by atoms with Gasteiger partial charge in [0.25, 0.3) is 0 Å². The second-order valence-electron chi connectivity index (χ2n) is 6.93. The van der Waals surface area contributed by atoms with Crippen molar-refractivity contribution in [2.75, 3.05) is 0 Å². The molecule has 0 spiro atoms. The summed E-state index contributed by atoms with van der Waals surface area (Å²) in [6.07, 6.45) is 4.17. The minimum Gasteiger partial charge on any atom is -0.388 e. The maximum atomic E-state index is 13.1. The van der Waals surface area contributed by atoms with Crippen molar-refractivity contribution in [1.82, 2.24) is 4.31 Å². The average Bonchev–Trinajstić information content (AvgIpc) is 3.19. The van der Waals surface area contributed by atoms with Crippen molar-refractivity contribution in [3.63, 3.8) is 0 Å². The minimum absolute atomic E-state index is 0.0532. The molecule has 1 saturated carbocycles. The second-order valence-corrected chi connectivity index (χ2v) is 8.74. The van der Waals surface area contributed by atoms with Crippen LogP contribution < -0.4 is 0 Å². The molecule has 5 heteroatoms. The van der Waals surface area contributed by atoms with E-state index in [1.54, 1.807) is 23.4 Å². The lowest BCUT2D eigenvalue weighted by molar-refractivity contribution is -0.00438. The maximum absolute atomic E-state index is 13.1. The Morgan fingerprint density at radius 1 is 1.32 bits per heavy atom. The first-order valence-corrected chi connectivity index (χ1v) is 9.55. The van der Waals surface area contributed by atoms with Crippen LogP contribution in [0, 0.1) is 6.92 Å². The number of hydrogen-bond acceptors (Lipinski definition) is 3. The molecular weight excluding hydrogens is 298 g/mol. The third kappa shape index (κ3) is 2.06. The van der Waals surface area contributed by atoms with Gasteiger partial charge in [0.05, 0.1) is 16.0 Å². The van der Waals surface area contributed by atoms with Crippen molar-refractivity contribution in [2.24, 2.45) is 0 Å². The van der Waals surface area contributed by atoms with Gasteiger partial charge in [0.2, 0.25) is 10.0 Å². The molecule has 4 nitrogen and oxygen atoms in total. The number of aliphatic hydroxyl groups is 1. The Labute approximate surface area is 133 Å².